The maximum atomic E-state index is 13.8. The first-order chi connectivity index (χ1) is 14.4. The first-order valence-electron chi connectivity index (χ1n) is 9.34. The van der Waals surface area contributed by atoms with Crippen LogP contribution in [0.15, 0.2) is 60.7 Å². The highest BCUT2D eigenvalue weighted by molar-refractivity contribution is 5.98. The van der Waals surface area contributed by atoms with Crippen molar-refractivity contribution in [3.63, 3.8) is 0 Å². The van der Waals surface area contributed by atoms with Crippen LogP contribution in [0.4, 0.5) is 8.78 Å². The molecule has 0 bridgehead atoms. The van der Waals surface area contributed by atoms with E-state index in [-0.39, 0.29) is 6.42 Å². The molecule has 0 spiro atoms. The van der Waals surface area contributed by atoms with E-state index in [1.165, 1.54) is 10.9 Å². The second-order valence-corrected chi connectivity index (χ2v) is 7.03. The fourth-order valence-corrected chi connectivity index (χ4v) is 3.31. The minimum Gasteiger partial charge on any atom is -0.294 e. The Morgan fingerprint density at radius 3 is 2.27 bits per heavy atom. The van der Waals surface area contributed by atoms with E-state index < -0.39 is 23.0 Å². The smallest absolute Gasteiger partial charge is 0.204 e. The van der Waals surface area contributed by atoms with Gasteiger partial charge in [0.2, 0.25) is 5.82 Å². The van der Waals surface area contributed by atoms with Gasteiger partial charge in [-0.2, -0.15) is 4.80 Å². The molecule has 5 nitrogen and oxygen atoms in total. The summed E-state index contributed by atoms with van der Waals surface area (Å²) < 4.78 is 27.7. The highest BCUT2D eigenvalue weighted by Gasteiger charge is 2.17. The summed E-state index contributed by atoms with van der Waals surface area (Å²) in [6.07, 6.45) is -0.0827. The lowest BCUT2D eigenvalue weighted by Gasteiger charge is -2.09. The fraction of sp³-hybridized carbons (Fsp3) is 0.130. The number of halogens is 2. The number of carbonyl (C=O) groups excluding carboxylic acids is 1. The quantitative estimate of drug-likeness (QED) is 0.458. The maximum Gasteiger partial charge on any atom is 0.204 e. The van der Waals surface area contributed by atoms with Crippen molar-refractivity contribution in [3.05, 3.63) is 89.0 Å². The van der Waals surface area contributed by atoms with Crippen LogP contribution >= 0.6 is 0 Å². The van der Waals surface area contributed by atoms with Crippen LogP contribution in [0.2, 0.25) is 0 Å². The van der Waals surface area contributed by atoms with Gasteiger partial charge < -0.3 is 0 Å². The number of aromatic nitrogens is 4. The Balaban J connectivity index is 1.59. The molecule has 0 N–H and O–H groups in total. The SMILES string of the molecule is Cc1ccc(-c2nnn(C)n2)cc1-c1ccc(CC(=O)c2c(F)cccc2F)cc1. The van der Waals surface area contributed by atoms with Gasteiger partial charge in [-0.05, 0) is 52.6 Å². The number of ketones is 1. The minimum absolute atomic E-state index is 0.0827. The number of aryl methyl sites for hydroxylation is 2. The molecule has 0 aliphatic heterocycles. The molecule has 1 heterocycles. The number of rotatable bonds is 5. The average Bonchev–Trinajstić information content (AvgIpc) is 3.15. The summed E-state index contributed by atoms with van der Waals surface area (Å²) in [6, 6.07) is 16.7. The molecule has 1 aromatic heterocycles. The molecule has 0 radical (unpaired) electrons. The lowest BCUT2D eigenvalue weighted by atomic mass is 9.95. The van der Waals surface area contributed by atoms with Crippen molar-refractivity contribution in [2.45, 2.75) is 13.3 Å². The first kappa shape index (κ1) is 19.6. The molecule has 150 valence electrons. The Kier molecular flexibility index (Phi) is 5.18. The van der Waals surface area contributed by atoms with E-state index in [0.717, 1.165) is 34.4 Å². The molecular weight excluding hydrogens is 386 g/mol. The number of nitrogens with zero attached hydrogens (tertiary/aromatic N) is 4. The van der Waals surface area contributed by atoms with Gasteiger partial charge in [-0.25, -0.2) is 8.78 Å². The average molecular weight is 404 g/mol. The zero-order chi connectivity index (χ0) is 21.3. The minimum atomic E-state index is -0.846. The topological polar surface area (TPSA) is 60.7 Å². The van der Waals surface area contributed by atoms with Gasteiger partial charge in [0.05, 0.1) is 12.6 Å². The molecule has 4 aromatic rings. The molecule has 0 saturated heterocycles. The van der Waals surface area contributed by atoms with Crippen molar-refractivity contribution in [3.8, 4) is 22.5 Å². The Morgan fingerprint density at radius 2 is 1.63 bits per heavy atom. The van der Waals surface area contributed by atoms with Crippen molar-refractivity contribution < 1.29 is 13.6 Å². The van der Waals surface area contributed by atoms with Gasteiger partial charge in [0.25, 0.3) is 0 Å². The number of Topliss-reactive ketones (excluding diaryl/α,β-unsaturated/α-hetero) is 1. The Bertz CT molecular complexity index is 1210. The van der Waals surface area contributed by atoms with Crippen LogP contribution in [0.1, 0.15) is 21.5 Å². The van der Waals surface area contributed by atoms with Gasteiger partial charge in [-0.1, -0.05) is 42.5 Å². The lowest BCUT2D eigenvalue weighted by molar-refractivity contribution is 0.0985. The summed E-state index contributed by atoms with van der Waals surface area (Å²) in [5.74, 6) is -1.75. The third-order valence-electron chi connectivity index (χ3n) is 4.88. The van der Waals surface area contributed by atoms with Crippen LogP contribution in [0.5, 0.6) is 0 Å². The second kappa shape index (κ2) is 7.94. The molecule has 4 rings (SSSR count). The third-order valence-corrected chi connectivity index (χ3v) is 4.88. The van der Waals surface area contributed by atoms with Gasteiger partial charge in [-0.3, -0.25) is 4.79 Å². The zero-order valence-electron chi connectivity index (χ0n) is 16.4. The summed E-state index contributed by atoms with van der Waals surface area (Å²) in [4.78, 5) is 13.8. The van der Waals surface area contributed by atoms with Gasteiger partial charge in [-0.15, -0.1) is 10.2 Å². The maximum absolute atomic E-state index is 13.8. The highest BCUT2D eigenvalue weighted by Crippen LogP contribution is 2.28. The summed E-state index contributed by atoms with van der Waals surface area (Å²) in [6.45, 7) is 2.00. The molecule has 0 aliphatic rings. The molecule has 3 aromatic carbocycles. The van der Waals surface area contributed by atoms with Crippen LogP contribution in [0, 0.1) is 18.6 Å². The third kappa shape index (κ3) is 3.87. The predicted molar refractivity (Wildman–Crippen MR) is 109 cm³/mol. The predicted octanol–water partition coefficient (Wildman–Crippen LogP) is 4.56. The Labute approximate surface area is 172 Å². The van der Waals surface area contributed by atoms with E-state index in [2.05, 4.69) is 15.4 Å². The number of benzene rings is 3. The van der Waals surface area contributed by atoms with Gasteiger partial charge in [0, 0.05) is 12.0 Å². The van der Waals surface area contributed by atoms with E-state index in [9.17, 15) is 13.6 Å². The summed E-state index contributed by atoms with van der Waals surface area (Å²) in [5, 5.41) is 12.1. The molecule has 0 atom stereocenters. The Hall–Kier alpha value is -3.74. The summed E-state index contributed by atoms with van der Waals surface area (Å²) >= 11 is 0. The van der Waals surface area contributed by atoms with Crippen LogP contribution < -0.4 is 0 Å². The number of carbonyl (C=O) groups is 1. The van der Waals surface area contributed by atoms with E-state index in [4.69, 9.17) is 0 Å². The number of tetrazole rings is 1. The fourth-order valence-electron chi connectivity index (χ4n) is 3.31. The monoisotopic (exact) mass is 404 g/mol. The van der Waals surface area contributed by atoms with Crippen LogP contribution in [-0.2, 0) is 13.5 Å². The van der Waals surface area contributed by atoms with Crippen molar-refractivity contribution in [2.24, 2.45) is 7.05 Å². The van der Waals surface area contributed by atoms with E-state index in [1.54, 1.807) is 19.2 Å². The molecular formula is C23H18F2N4O. The Morgan fingerprint density at radius 1 is 0.967 bits per heavy atom. The number of hydrogen-bond acceptors (Lipinski definition) is 4. The molecule has 0 saturated carbocycles. The van der Waals surface area contributed by atoms with Crippen molar-refractivity contribution in [1.29, 1.82) is 0 Å². The van der Waals surface area contributed by atoms with E-state index >= 15 is 0 Å². The molecule has 0 unspecified atom stereocenters. The lowest BCUT2D eigenvalue weighted by Crippen LogP contribution is -2.09. The molecule has 0 amide bonds. The van der Waals surface area contributed by atoms with Crippen molar-refractivity contribution in [1.82, 2.24) is 20.2 Å². The van der Waals surface area contributed by atoms with Gasteiger partial charge in [0.15, 0.2) is 5.78 Å². The summed E-state index contributed by atoms with van der Waals surface area (Å²) in [7, 11) is 1.71. The second-order valence-electron chi connectivity index (χ2n) is 7.03. The normalized spacial score (nSPS) is 10.9. The van der Waals surface area contributed by atoms with Crippen molar-refractivity contribution >= 4 is 5.78 Å². The van der Waals surface area contributed by atoms with E-state index in [1.807, 2.05) is 37.3 Å². The van der Waals surface area contributed by atoms with E-state index in [0.29, 0.717) is 11.4 Å². The van der Waals surface area contributed by atoms with Crippen LogP contribution in [0.25, 0.3) is 22.5 Å². The largest absolute Gasteiger partial charge is 0.294 e. The van der Waals surface area contributed by atoms with Gasteiger partial charge >= 0.3 is 0 Å². The summed E-state index contributed by atoms with van der Waals surface area (Å²) in [5.41, 5.74) is 4.04. The van der Waals surface area contributed by atoms with Crippen LogP contribution in [-0.4, -0.2) is 26.0 Å². The van der Waals surface area contributed by atoms with Crippen LogP contribution in [0.3, 0.4) is 0 Å². The zero-order valence-corrected chi connectivity index (χ0v) is 16.4. The first-order valence-corrected chi connectivity index (χ1v) is 9.34. The van der Waals surface area contributed by atoms with Crippen molar-refractivity contribution in [2.75, 3.05) is 0 Å². The molecule has 30 heavy (non-hydrogen) atoms. The molecule has 0 fully saturated rings. The number of hydrogen-bond donors (Lipinski definition) is 0. The standard InChI is InChI=1S/C23H18F2N4O/c1-14-6-9-17(23-26-28-29(2)27-23)13-18(14)16-10-7-15(8-11-16)12-21(30)22-19(24)4-3-5-20(22)25/h3-11,13H,12H2,1-2H3. The molecule has 0 aliphatic carbocycles. The molecule has 7 heteroatoms. The van der Waals surface area contributed by atoms with Gasteiger partial charge in [0.1, 0.15) is 11.6 Å². The highest BCUT2D eigenvalue weighted by atomic mass is 19.1.